The van der Waals surface area contributed by atoms with Crippen LogP contribution in [-0.4, -0.2) is 29.9 Å². The molecule has 1 saturated carbocycles. The van der Waals surface area contributed by atoms with Crippen LogP contribution < -0.4 is 5.73 Å². The Kier molecular flexibility index (Phi) is 3.35. The standard InChI is InChI=1S/C13H21N3O2/c14-9-13(5-7-17-8-6-13)12-15-11(16-18-12)10-3-1-2-4-10/h10H,1-9,14H2. The maximum absolute atomic E-state index is 5.95. The second kappa shape index (κ2) is 4.97. The number of ether oxygens (including phenoxy) is 1. The highest BCUT2D eigenvalue weighted by Gasteiger charge is 2.39. The number of rotatable bonds is 3. The summed E-state index contributed by atoms with van der Waals surface area (Å²) in [6.45, 7) is 2.03. The third-order valence-electron chi connectivity index (χ3n) is 4.46. The van der Waals surface area contributed by atoms with Crippen LogP contribution in [0.1, 0.15) is 56.2 Å². The van der Waals surface area contributed by atoms with Gasteiger partial charge in [-0.2, -0.15) is 4.98 Å². The van der Waals surface area contributed by atoms with E-state index >= 15 is 0 Å². The molecule has 5 nitrogen and oxygen atoms in total. The monoisotopic (exact) mass is 251 g/mol. The summed E-state index contributed by atoms with van der Waals surface area (Å²) in [6, 6.07) is 0. The van der Waals surface area contributed by atoms with Gasteiger partial charge in [-0.3, -0.25) is 0 Å². The molecule has 100 valence electrons. The molecule has 0 aromatic carbocycles. The maximum Gasteiger partial charge on any atom is 0.234 e. The molecule has 1 aliphatic carbocycles. The summed E-state index contributed by atoms with van der Waals surface area (Å²) in [4.78, 5) is 4.65. The number of aromatic nitrogens is 2. The number of nitrogens with two attached hydrogens (primary N) is 1. The van der Waals surface area contributed by atoms with E-state index < -0.39 is 0 Å². The van der Waals surface area contributed by atoms with E-state index in [0.29, 0.717) is 12.5 Å². The van der Waals surface area contributed by atoms with Gasteiger partial charge in [-0.25, -0.2) is 0 Å². The zero-order valence-electron chi connectivity index (χ0n) is 10.7. The van der Waals surface area contributed by atoms with Gasteiger partial charge in [0, 0.05) is 25.7 Å². The van der Waals surface area contributed by atoms with Crippen molar-refractivity contribution in [3.05, 3.63) is 11.7 Å². The van der Waals surface area contributed by atoms with Gasteiger partial charge in [0.2, 0.25) is 5.89 Å². The third kappa shape index (κ3) is 2.06. The lowest BCUT2D eigenvalue weighted by molar-refractivity contribution is 0.0409. The minimum Gasteiger partial charge on any atom is -0.381 e. The lowest BCUT2D eigenvalue weighted by atomic mass is 9.80. The van der Waals surface area contributed by atoms with Crippen molar-refractivity contribution >= 4 is 0 Å². The van der Waals surface area contributed by atoms with Crippen LogP contribution in [0.5, 0.6) is 0 Å². The van der Waals surface area contributed by atoms with E-state index in [2.05, 4.69) is 10.1 Å². The quantitative estimate of drug-likeness (QED) is 0.885. The molecule has 0 amide bonds. The molecule has 2 aliphatic rings. The summed E-state index contributed by atoms with van der Waals surface area (Å²) < 4.78 is 10.9. The number of hydrogen-bond acceptors (Lipinski definition) is 5. The van der Waals surface area contributed by atoms with Crippen LogP contribution in [0.2, 0.25) is 0 Å². The van der Waals surface area contributed by atoms with Gasteiger partial charge in [-0.1, -0.05) is 18.0 Å². The first-order chi connectivity index (χ1) is 8.84. The van der Waals surface area contributed by atoms with Gasteiger partial charge in [0.25, 0.3) is 0 Å². The molecule has 1 saturated heterocycles. The van der Waals surface area contributed by atoms with Gasteiger partial charge >= 0.3 is 0 Å². The molecule has 0 atom stereocenters. The van der Waals surface area contributed by atoms with Gasteiger partial charge in [0.05, 0.1) is 5.41 Å². The first kappa shape index (κ1) is 12.1. The van der Waals surface area contributed by atoms with Gasteiger partial charge in [-0.05, 0) is 25.7 Å². The summed E-state index contributed by atoms with van der Waals surface area (Å²) in [5.74, 6) is 2.12. The first-order valence-electron chi connectivity index (χ1n) is 6.96. The van der Waals surface area contributed by atoms with Crippen LogP contribution >= 0.6 is 0 Å². The van der Waals surface area contributed by atoms with Crippen LogP contribution in [-0.2, 0) is 10.2 Å². The third-order valence-corrected chi connectivity index (χ3v) is 4.46. The fraction of sp³-hybridized carbons (Fsp3) is 0.846. The average molecular weight is 251 g/mol. The molecule has 1 aromatic heterocycles. The Bertz CT molecular complexity index is 393. The van der Waals surface area contributed by atoms with Crippen LogP contribution in [0.25, 0.3) is 0 Å². The predicted molar refractivity (Wildman–Crippen MR) is 66.3 cm³/mol. The molecule has 2 fully saturated rings. The van der Waals surface area contributed by atoms with E-state index in [1.165, 1.54) is 25.7 Å². The molecule has 2 N–H and O–H groups in total. The molecular formula is C13H21N3O2. The normalized spacial score (nSPS) is 24.5. The minimum atomic E-state index is -0.151. The van der Waals surface area contributed by atoms with Crippen molar-refractivity contribution in [2.45, 2.75) is 49.9 Å². The van der Waals surface area contributed by atoms with Crippen molar-refractivity contribution in [2.24, 2.45) is 5.73 Å². The van der Waals surface area contributed by atoms with Crippen LogP contribution in [0.3, 0.4) is 0 Å². The van der Waals surface area contributed by atoms with E-state index in [1.54, 1.807) is 0 Å². The smallest absolute Gasteiger partial charge is 0.234 e. The molecule has 18 heavy (non-hydrogen) atoms. The lowest BCUT2D eigenvalue weighted by Gasteiger charge is -2.32. The van der Waals surface area contributed by atoms with Crippen molar-refractivity contribution < 1.29 is 9.26 Å². The molecule has 5 heteroatoms. The maximum atomic E-state index is 5.95. The van der Waals surface area contributed by atoms with E-state index in [4.69, 9.17) is 15.0 Å². The Labute approximate surface area is 107 Å². The Hall–Kier alpha value is -0.940. The Balaban J connectivity index is 1.82. The highest BCUT2D eigenvalue weighted by molar-refractivity contribution is 5.09. The fourth-order valence-corrected chi connectivity index (χ4v) is 3.07. The average Bonchev–Trinajstić information content (AvgIpc) is 3.10. The van der Waals surface area contributed by atoms with Crippen molar-refractivity contribution in [3.63, 3.8) is 0 Å². The fourth-order valence-electron chi connectivity index (χ4n) is 3.07. The van der Waals surface area contributed by atoms with Crippen LogP contribution in [0.4, 0.5) is 0 Å². The van der Waals surface area contributed by atoms with Gasteiger partial charge in [0.15, 0.2) is 5.82 Å². The van der Waals surface area contributed by atoms with Gasteiger partial charge in [0.1, 0.15) is 0 Å². The zero-order chi connectivity index (χ0) is 12.4. The summed E-state index contributed by atoms with van der Waals surface area (Å²) in [5.41, 5.74) is 5.80. The van der Waals surface area contributed by atoms with E-state index in [0.717, 1.165) is 37.8 Å². The van der Waals surface area contributed by atoms with Crippen molar-refractivity contribution in [1.29, 1.82) is 0 Å². The Morgan fingerprint density at radius 2 is 1.94 bits per heavy atom. The van der Waals surface area contributed by atoms with Gasteiger partial charge in [-0.15, -0.1) is 0 Å². The summed E-state index contributed by atoms with van der Waals surface area (Å²) in [6.07, 6.45) is 6.72. The molecule has 0 unspecified atom stereocenters. The first-order valence-corrected chi connectivity index (χ1v) is 6.96. The number of nitrogens with zero attached hydrogens (tertiary/aromatic N) is 2. The number of hydrogen-bond donors (Lipinski definition) is 1. The predicted octanol–water partition coefficient (Wildman–Crippen LogP) is 1.73. The molecule has 2 heterocycles. The molecule has 0 spiro atoms. The van der Waals surface area contributed by atoms with E-state index in [-0.39, 0.29) is 5.41 Å². The van der Waals surface area contributed by atoms with E-state index in [1.807, 2.05) is 0 Å². The summed E-state index contributed by atoms with van der Waals surface area (Å²) in [7, 11) is 0. The van der Waals surface area contributed by atoms with Crippen molar-refractivity contribution in [1.82, 2.24) is 10.1 Å². The molecule has 1 aromatic rings. The Morgan fingerprint density at radius 1 is 1.22 bits per heavy atom. The summed E-state index contributed by atoms with van der Waals surface area (Å²) >= 11 is 0. The van der Waals surface area contributed by atoms with Crippen molar-refractivity contribution in [3.8, 4) is 0 Å². The zero-order valence-corrected chi connectivity index (χ0v) is 10.7. The van der Waals surface area contributed by atoms with Gasteiger partial charge < -0.3 is 15.0 Å². The highest BCUT2D eigenvalue weighted by Crippen LogP contribution is 2.36. The lowest BCUT2D eigenvalue weighted by Crippen LogP contribution is -2.40. The highest BCUT2D eigenvalue weighted by atomic mass is 16.5. The molecule has 0 bridgehead atoms. The topological polar surface area (TPSA) is 74.2 Å². The molecular weight excluding hydrogens is 230 g/mol. The van der Waals surface area contributed by atoms with E-state index in [9.17, 15) is 0 Å². The minimum absolute atomic E-state index is 0.151. The molecule has 1 aliphatic heterocycles. The van der Waals surface area contributed by atoms with Crippen LogP contribution in [0.15, 0.2) is 4.52 Å². The molecule has 0 radical (unpaired) electrons. The van der Waals surface area contributed by atoms with Crippen LogP contribution in [0, 0.1) is 0 Å². The Morgan fingerprint density at radius 3 is 2.61 bits per heavy atom. The second-order valence-electron chi connectivity index (χ2n) is 5.54. The SMILES string of the molecule is NCC1(c2nc(C3CCCC3)no2)CCOCC1. The molecule has 3 rings (SSSR count). The largest absolute Gasteiger partial charge is 0.381 e. The van der Waals surface area contributed by atoms with Crippen molar-refractivity contribution in [2.75, 3.05) is 19.8 Å². The summed E-state index contributed by atoms with van der Waals surface area (Å²) in [5, 5.41) is 4.18. The second-order valence-corrected chi connectivity index (χ2v) is 5.54.